The number of ether oxygens (including phenoxy) is 1. The van der Waals surface area contributed by atoms with Gasteiger partial charge in [-0.2, -0.15) is 5.26 Å². The molecule has 0 aliphatic rings. The fourth-order valence-corrected chi connectivity index (χ4v) is 2.41. The third-order valence-corrected chi connectivity index (χ3v) is 3.47. The third kappa shape index (κ3) is 3.50. The minimum atomic E-state index is -0.0829. The molecule has 3 rings (SSSR count). The summed E-state index contributed by atoms with van der Waals surface area (Å²) in [4.78, 5) is 15.3. The maximum absolute atomic E-state index is 12.2. The van der Waals surface area contributed by atoms with Crippen molar-refractivity contribution in [2.45, 2.75) is 6.42 Å². The fourth-order valence-electron chi connectivity index (χ4n) is 2.41. The molecule has 114 valence electrons. The monoisotopic (exact) mass is 305 g/mol. The molecule has 5 nitrogen and oxygen atoms in total. The number of carbonyl (C=O) groups excluding carboxylic acids is 1. The van der Waals surface area contributed by atoms with Crippen LogP contribution >= 0.6 is 0 Å². The second kappa shape index (κ2) is 6.67. The van der Waals surface area contributed by atoms with E-state index in [4.69, 9.17) is 10.00 Å². The highest BCUT2D eigenvalue weighted by molar-refractivity contribution is 5.95. The Hall–Kier alpha value is -3.26. The number of aromatic amines is 1. The summed E-state index contributed by atoms with van der Waals surface area (Å²) in [6, 6.07) is 16.7. The summed E-state index contributed by atoms with van der Waals surface area (Å²) < 4.78 is 5.17. The van der Waals surface area contributed by atoms with Crippen LogP contribution in [0.25, 0.3) is 10.9 Å². The summed E-state index contributed by atoms with van der Waals surface area (Å²) in [7, 11) is 0. The highest BCUT2D eigenvalue weighted by atomic mass is 16.5. The van der Waals surface area contributed by atoms with Crippen LogP contribution in [0.3, 0.4) is 0 Å². The lowest BCUT2D eigenvalue weighted by molar-refractivity contribution is -0.115. The molecule has 2 aromatic carbocycles. The number of para-hydroxylation sites is 1. The predicted molar refractivity (Wildman–Crippen MR) is 88.2 cm³/mol. The molecule has 0 atom stereocenters. The van der Waals surface area contributed by atoms with Crippen LogP contribution in [-0.4, -0.2) is 17.5 Å². The Balaban J connectivity index is 1.64. The lowest BCUT2D eigenvalue weighted by Gasteiger charge is -2.06. The van der Waals surface area contributed by atoms with Crippen LogP contribution in [0.4, 0.5) is 5.69 Å². The Kier molecular flexibility index (Phi) is 4.25. The van der Waals surface area contributed by atoms with Crippen LogP contribution in [0, 0.1) is 11.3 Å². The van der Waals surface area contributed by atoms with E-state index in [1.165, 1.54) is 0 Å². The van der Waals surface area contributed by atoms with Gasteiger partial charge in [0.15, 0.2) is 6.61 Å². The molecule has 0 bridgehead atoms. The molecular weight excluding hydrogens is 290 g/mol. The molecule has 0 spiro atoms. The second-order valence-corrected chi connectivity index (χ2v) is 5.06. The number of hydrogen-bond donors (Lipinski definition) is 2. The van der Waals surface area contributed by atoms with Crippen LogP contribution in [-0.2, 0) is 11.2 Å². The Bertz CT molecular complexity index is 860. The maximum Gasteiger partial charge on any atom is 0.228 e. The van der Waals surface area contributed by atoms with Crippen LogP contribution < -0.4 is 10.1 Å². The number of nitriles is 1. The number of aromatic nitrogens is 1. The van der Waals surface area contributed by atoms with Crippen molar-refractivity contribution in [3.63, 3.8) is 0 Å². The minimum Gasteiger partial charge on any atom is -0.479 e. The molecule has 0 saturated heterocycles. The van der Waals surface area contributed by atoms with Crippen LogP contribution in [0.1, 0.15) is 5.56 Å². The Morgan fingerprint density at radius 2 is 1.96 bits per heavy atom. The van der Waals surface area contributed by atoms with Crippen molar-refractivity contribution in [3.8, 4) is 11.8 Å². The quantitative estimate of drug-likeness (QED) is 0.759. The van der Waals surface area contributed by atoms with Gasteiger partial charge in [-0.05, 0) is 35.9 Å². The van der Waals surface area contributed by atoms with E-state index in [0.29, 0.717) is 17.9 Å². The zero-order valence-corrected chi connectivity index (χ0v) is 12.4. The van der Waals surface area contributed by atoms with E-state index >= 15 is 0 Å². The van der Waals surface area contributed by atoms with Gasteiger partial charge in [-0.25, -0.2) is 0 Å². The maximum atomic E-state index is 12.2. The first-order valence-electron chi connectivity index (χ1n) is 7.21. The first kappa shape index (κ1) is 14.7. The number of anilines is 1. The first-order chi connectivity index (χ1) is 11.3. The average molecular weight is 305 g/mol. The van der Waals surface area contributed by atoms with Crippen molar-refractivity contribution in [3.05, 3.63) is 60.3 Å². The molecule has 23 heavy (non-hydrogen) atoms. The van der Waals surface area contributed by atoms with E-state index in [1.807, 2.05) is 36.5 Å². The van der Waals surface area contributed by atoms with Gasteiger partial charge in [-0.3, -0.25) is 4.79 Å². The number of nitrogens with zero attached hydrogens (tertiary/aromatic N) is 1. The minimum absolute atomic E-state index is 0.00622. The topological polar surface area (TPSA) is 77.9 Å². The molecule has 0 aliphatic carbocycles. The van der Waals surface area contributed by atoms with E-state index in [2.05, 4.69) is 10.3 Å². The molecule has 2 N–H and O–H groups in total. The van der Waals surface area contributed by atoms with Gasteiger partial charge in [-0.1, -0.05) is 18.2 Å². The van der Waals surface area contributed by atoms with Crippen LogP contribution in [0.15, 0.2) is 54.7 Å². The SMILES string of the molecule is N#CCOc1ccc(NC(=O)Cc2c[nH]c3ccccc23)cc1. The number of amides is 1. The summed E-state index contributed by atoms with van der Waals surface area (Å²) >= 11 is 0. The number of carbonyl (C=O) groups is 1. The largest absolute Gasteiger partial charge is 0.479 e. The highest BCUT2D eigenvalue weighted by Gasteiger charge is 2.09. The van der Waals surface area contributed by atoms with Gasteiger partial charge in [0, 0.05) is 22.8 Å². The smallest absolute Gasteiger partial charge is 0.228 e. The van der Waals surface area contributed by atoms with Crippen LogP contribution in [0.2, 0.25) is 0 Å². The molecule has 0 unspecified atom stereocenters. The number of H-pyrrole nitrogens is 1. The molecule has 0 saturated carbocycles. The Labute approximate surface area is 133 Å². The standard InChI is InChI=1S/C18H15N3O2/c19-9-10-23-15-7-5-14(6-8-15)21-18(22)11-13-12-20-17-4-2-1-3-16(13)17/h1-8,12,20H,10-11H2,(H,21,22). The zero-order valence-electron chi connectivity index (χ0n) is 12.4. The molecule has 0 aliphatic heterocycles. The molecule has 1 amide bonds. The summed E-state index contributed by atoms with van der Waals surface area (Å²) in [6.07, 6.45) is 2.17. The number of rotatable bonds is 5. The van der Waals surface area contributed by atoms with E-state index in [1.54, 1.807) is 24.3 Å². The molecule has 0 fully saturated rings. The molecule has 1 heterocycles. The normalized spacial score (nSPS) is 10.2. The number of hydrogen-bond acceptors (Lipinski definition) is 3. The van der Waals surface area contributed by atoms with E-state index in [-0.39, 0.29) is 12.5 Å². The third-order valence-electron chi connectivity index (χ3n) is 3.47. The number of nitrogens with one attached hydrogen (secondary N) is 2. The van der Waals surface area contributed by atoms with E-state index < -0.39 is 0 Å². The first-order valence-corrected chi connectivity index (χ1v) is 7.21. The zero-order chi connectivity index (χ0) is 16.1. The summed E-state index contributed by atoms with van der Waals surface area (Å²) in [5, 5.41) is 12.4. The number of fused-ring (bicyclic) bond motifs is 1. The van der Waals surface area contributed by atoms with Gasteiger partial charge < -0.3 is 15.0 Å². The highest BCUT2D eigenvalue weighted by Crippen LogP contribution is 2.19. The summed E-state index contributed by atoms with van der Waals surface area (Å²) in [6.45, 7) is 0.00622. The molecule has 0 radical (unpaired) electrons. The van der Waals surface area contributed by atoms with E-state index in [9.17, 15) is 4.79 Å². The van der Waals surface area contributed by atoms with Gasteiger partial charge >= 0.3 is 0 Å². The van der Waals surface area contributed by atoms with Crippen LogP contribution in [0.5, 0.6) is 5.75 Å². The molecule has 5 heteroatoms. The number of benzene rings is 2. The van der Waals surface area contributed by atoms with Gasteiger partial charge in [0.2, 0.25) is 5.91 Å². The average Bonchev–Trinajstić information content (AvgIpc) is 2.97. The fraction of sp³-hybridized carbons (Fsp3) is 0.111. The van der Waals surface area contributed by atoms with Crippen molar-refractivity contribution in [1.29, 1.82) is 5.26 Å². The van der Waals surface area contributed by atoms with Crippen molar-refractivity contribution in [2.75, 3.05) is 11.9 Å². The molecule has 3 aromatic rings. The molecular formula is C18H15N3O2. The molecule has 1 aromatic heterocycles. The van der Waals surface area contributed by atoms with Crippen molar-refractivity contribution in [2.24, 2.45) is 0 Å². The van der Waals surface area contributed by atoms with Gasteiger partial charge in [0.25, 0.3) is 0 Å². The van der Waals surface area contributed by atoms with Gasteiger partial charge in [-0.15, -0.1) is 0 Å². The van der Waals surface area contributed by atoms with E-state index in [0.717, 1.165) is 16.5 Å². The second-order valence-electron chi connectivity index (χ2n) is 5.06. The van der Waals surface area contributed by atoms with Crippen molar-refractivity contribution < 1.29 is 9.53 Å². The van der Waals surface area contributed by atoms with Crippen molar-refractivity contribution >= 4 is 22.5 Å². The lowest BCUT2D eigenvalue weighted by Crippen LogP contribution is -2.14. The summed E-state index contributed by atoms with van der Waals surface area (Å²) in [5.41, 5.74) is 2.68. The van der Waals surface area contributed by atoms with Gasteiger partial charge in [0.05, 0.1) is 6.42 Å². The van der Waals surface area contributed by atoms with Crippen molar-refractivity contribution in [1.82, 2.24) is 4.98 Å². The summed E-state index contributed by atoms with van der Waals surface area (Å²) in [5.74, 6) is 0.515. The lowest BCUT2D eigenvalue weighted by atomic mass is 10.1. The predicted octanol–water partition coefficient (Wildman–Crippen LogP) is 3.25. The Morgan fingerprint density at radius 3 is 2.74 bits per heavy atom. The Morgan fingerprint density at radius 1 is 1.17 bits per heavy atom. The van der Waals surface area contributed by atoms with Gasteiger partial charge in [0.1, 0.15) is 11.8 Å².